The number of hydrogen-bond donors (Lipinski definition) is 0. The average Bonchev–Trinajstić information content (AvgIpc) is 2.67. The lowest BCUT2D eigenvalue weighted by atomic mass is 10.0. The molecule has 0 radical (unpaired) electrons. The van der Waals surface area contributed by atoms with Crippen LogP contribution in [0.3, 0.4) is 0 Å². The van der Waals surface area contributed by atoms with Crippen molar-refractivity contribution in [2.24, 2.45) is 0 Å². The molecule has 0 aliphatic heterocycles. The van der Waals surface area contributed by atoms with Crippen LogP contribution in [0, 0.1) is 0 Å². The molecule has 4 nitrogen and oxygen atoms in total. The summed E-state index contributed by atoms with van der Waals surface area (Å²) < 4.78 is 10.9. The number of para-hydroxylation sites is 1. The van der Waals surface area contributed by atoms with Gasteiger partial charge < -0.3 is 9.47 Å². The molecule has 0 saturated heterocycles. The van der Waals surface area contributed by atoms with Gasteiger partial charge in [0.2, 0.25) is 0 Å². The average molecular weight is 364 g/mol. The highest BCUT2D eigenvalue weighted by Gasteiger charge is 2.21. The molecule has 2 aromatic carbocycles. The SMILES string of the molecule is CCOC(=O)/C(=C\c1ccccc1OCC=C(C)C)C(=O)c1ccccc1. The highest BCUT2D eigenvalue weighted by atomic mass is 16.5. The molecule has 2 aromatic rings. The first-order valence-electron chi connectivity index (χ1n) is 8.86. The highest BCUT2D eigenvalue weighted by molar-refractivity contribution is 6.27. The van der Waals surface area contributed by atoms with E-state index >= 15 is 0 Å². The molecule has 0 aliphatic carbocycles. The van der Waals surface area contributed by atoms with Crippen molar-refractivity contribution < 1.29 is 19.1 Å². The Morgan fingerprint density at radius 1 is 0.963 bits per heavy atom. The molecular formula is C23H24O4. The van der Waals surface area contributed by atoms with Gasteiger partial charge in [-0.1, -0.05) is 54.1 Å². The molecule has 0 atom stereocenters. The standard InChI is InChI=1S/C23H24O4/c1-4-26-23(25)20(22(24)18-10-6-5-7-11-18)16-19-12-8-9-13-21(19)27-15-14-17(2)3/h5-14,16H,4,15H2,1-3H3/b20-16-. The van der Waals surface area contributed by atoms with Crippen molar-refractivity contribution in [3.8, 4) is 5.75 Å². The van der Waals surface area contributed by atoms with Gasteiger partial charge in [-0.3, -0.25) is 4.79 Å². The van der Waals surface area contributed by atoms with E-state index in [1.54, 1.807) is 43.3 Å². The largest absolute Gasteiger partial charge is 0.489 e. The maximum Gasteiger partial charge on any atom is 0.342 e. The molecule has 0 fully saturated rings. The number of esters is 1. The topological polar surface area (TPSA) is 52.6 Å². The van der Waals surface area contributed by atoms with E-state index in [9.17, 15) is 9.59 Å². The Labute approximate surface area is 160 Å². The van der Waals surface area contributed by atoms with Crippen molar-refractivity contribution in [2.75, 3.05) is 13.2 Å². The van der Waals surface area contributed by atoms with Crippen molar-refractivity contribution >= 4 is 17.8 Å². The quantitative estimate of drug-likeness (QED) is 0.168. The van der Waals surface area contributed by atoms with Gasteiger partial charge in [0.15, 0.2) is 5.78 Å². The number of carbonyl (C=O) groups excluding carboxylic acids is 2. The second kappa shape index (κ2) is 10.1. The van der Waals surface area contributed by atoms with E-state index in [2.05, 4.69) is 0 Å². The van der Waals surface area contributed by atoms with Crippen LogP contribution in [0.1, 0.15) is 36.7 Å². The van der Waals surface area contributed by atoms with Crippen molar-refractivity contribution in [1.29, 1.82) is 0 Å². The number of allylic oxidation sites excluding steroid dienone is 1. The molecule has 0 saturated carbocycles. The fraction of sp³-hybridized carbons (Fsp3) is 0.217. The van der Waals surface area contributed by atoms with Crippen LogP contribution in [0.2, 0.25) is 0 Å². The summed E-state index contributed by atoms with van der Waals surface area (Å²) in [4.78, 5) is 25.3. The summed E-state index contributed by atoms with van der Waals surface area (Å²) in [5, 5.41) is 0. The molecule has 27 heavy (non-hydrogen) atoms. The number of carbonyl (C=O) groups is 2. The summed E-state index contributed by atoms with van der Waals surface area (Å²) in [6, 6.07) is 16.0. The van der Waals surface area contributed by atoms with Gasteiger partial charge in [-0.2, -0.15) is 0 Å². The summed E-state index contributed by atoms with van der Waals surface area (Å²) in [6.45, 7) is 6.30. The summed E-state index contributed by atoms with van der Waals surface area (Å²) >= 11 is 0. The third kappa shape index (κ3) is 5.96. The molecule has 0 aliphatic rings. The van der Waals surface area contributed by atoms with Crippen LogP contribution < -0.4 is 4.74 Å². The van der Waals surface area contributed by atoms with Gasteiger partial charge in [0.25, 0.3) is 0 Å². The Hall–Kier alpha value is -3.14. The number of ketones is 1. The lowest BCUT2D eigenvalue weighted by Crippen LogP contribution is -2.16. The van der Waals surface area contributed by atoms with Crippen LogP contribution in [-0.2, 0) is 9.53 Å². The van der Waals surface area contributed by atoms with Crippen LogP contribution in [0.15, 0.2) is 71.8 Å². The molecule has 140 valence electrons. The van der Waals surface area contributed by atoms with E-state index in [1.807, 2.05) is 38.1 Å². The maximum atomic E-state index is 12.9. The number of hydrogen-bond acceptors (Lipinski definition) is 4. The summed E-state index contributed by atoms with van der Waals surface area (Å²) in [5.41, 5.74) is 2.20. The Morgan fingerprint density at radius 3 is 2.30 bits per heavy atom. The Bertz CT molecular complexity index is 844. The van der Waals surface area contributed by atoms with Gasteiger partial charge in [-0.25, -0.2) is 4.79 Å². The fourth-order valence-electron chi connectivity index (χ4n) is 2.36. The van der Waals surface area contributed by atoms with Crippen molar-refractivity contribution in [2.45, 2.75) is 20.8 Å². The minimum Gasteiger partial charge on any atom is -0.489 e. The molecule has 0 spiro atoms. The molecular weight excluding hydrogens is 340 g/mol. The van der Waals surface area contributed by atoms with Crippen LogP contribution in [0.4, 0.5) is 0 Å². The lowest BCUT2D eigenvalue weighted by Gasteiger charge is -2.10. The predicted octanol–water partition coefficient (Wildman–Crippen LogP) is 4.86. The van der Waals surface area contributed by atoms with E-state index in [1.165, 1.54) is 6.08 Å². The zero-order valence-electron chi connectivity index (χ0n) is 15.9. The number of Topliss-reactive ketones (excluding diaryl/α,β-unsaturated/α-hetero) is 1. The van der Waals surface area contributed by atoms with Crippen LogP contribution in [0.5, 0.6) is 5.75 Å². The van der Waals surface area contributed by atoms with Crippen molar-refractivity contribution in [1.82, 2.24) is 0 Å². The monoisotopic (exact) mass is 364 g/mol. The smallest absolute Gasteiger partial charge is 0.342 e. The lowest BCUT2D eigenvalue weighted by molar-refractivity contribution is -0.137. The second-order valence-electron chi connectivity index (χ2n) is 6.10. The third-order valence-electron chi connectivity index (χ3n) is 3.73. The minimum absolute atomic E-state index is 0.0266. The third-order valence-corrected chi connectivity index (χ3v) is 3.73. The van der Waals surface area contributed by atoms with Gasteiger partial charge in [-0.05, 0) is 39.0 Å². The summed E-state index contributed by atoms with van der Waals surface area (Å²) in [6.07, 6.45) is 3.49. The Morgan fingerprint density at radius 2 is 1.63 bits per heavy atom. The first-order chi connectivity index (χ1) is 13.0. The Kier molecular flexibility index (Phi) is 7.56. The van der Waals surface area contributed by atoms with Gasteiger partial charge in [0, 0.05) is 11.1 Å². The number of benzene rings is 2. The van der Waals surface area contributed by atoms with E-state index < -0.39 is 5.97 Å². The first-order valence-corrected chi connectivity index (χ1v) is 8.86. The maximum absolute atomic E-state index is 12.9. The second-order valence-corrected chi connectivity index (χ2v) is 6.10. The van der Waals surface area contributed by atoms with Gasteiger partial charge >= 0.3 is 5.97 Å². The van der Waals surface area contributed by atoms with E-state index in [-0.39, 0.29) is 18.0 Å². The fourth-order valence-corrected chi connectivity index (χ4v) is 2.36. The van der Waals surface area contributed by atoms with Gasteiger partial charge in [0.1, 0.15) is 17.9 Å². The summed E-state index contributed by atoms with van der Waals surface area (Å²) in [5.74, 6) is -0.434. The molecule has 0 unspecified atom stereocenters. The molecule has 0 amide bonds. The number of ether oxygens (including phenoxy) is 2. The van der Waals surface area contributed by atoms with Crippen molar-refractivity contribution in [3.63, 3.8) is 0 Å². The molecule has 0 N–H and O–H groups in total. The van der Waals surface area contributed by atoms with Crippen LogP contribution >= 0.6 is 0 Å². The number of rotatable bonds is 8. The molecule has 0 bridgehead atoms. The molecule has 4 heteroatoms. The van der Waals surface area contributed by atoms with Crippen LogP contribution in [0.25, 0.3) is 6.08 Å². The normalized spacial score (nSPS) is 10.9. The minimum atomic E-state index is -0.648. The van der Waals surface area contributed by atoms with E-state index in [0.717, 1.165) is 5.57 Å². The highest BCUT2D eigenvalue weighted by Crippen LogP contribution is 2.23. The van der Waals surface area contributed by atoms with E-state index in [4.69, 9.17) is 9.47 Å². The first kappa shape index (κ1) is 20.2. The zero-order chi connectivity index (χ0) is 19.6. The molecule has 0 heterocycles. The van der Waals surface area contributed by atoms with E-state index in [0.29, 0.717) is 23.5 Å². The predicted molar refractivity (Wildman–Crippen MR) is 107 cm³/mol. The van der Waals surface area contributed by atoms with Gasteiger partial charge in [-0.15, -0.1) is 0 Å². The van der Waals surface area contributed by atoms with Crippen LogP contribution in [-0.4, -0.2) is 25.0 Å². The Balaban J connectivity index is 2.41. The molecule has 2 rings (SSSR count). The molecule has 0 aromatic heterocycles. The zero-order valence-corrected chi connectivity index (χ0v) is 15.9. The van der Waals surface area contributed by atoms with Crippen molar-refractivity contribution in [3.05, 3.63) is 82.9 Å². The van der Waals surface area contributed by atoms with Gasteiger partial charge in [0.05, 0.1) is 6.61 Å². The summed E-state index contributed by atoms with van der Waals surface area (Å²) in [7, 11) is 0.